The number of rotatable bonds is 8. The standard InChI is InChI=1S/C62H40N4/c1-5-17-41(18-6-1)44-29-33-47(34-30-44)60-64-61(48-35-31-45(32-36-48)42-19-7-2-8-20-42)66-62(65-60)51-38-49(43-21-9-3-10-22-43)37-50(39-51)55-40-56-58(53-26-14-13-25-52(53)55)54-27-15-16-28-57(54)63-59(56)46-23-11-4-12-24-46/h1-40H. The summed E-state index contributed by atoms with van der Waals surface area (Å²) in [6, 6.07) is 85.3. The van der Waals surface area contributed by atoms with Crippen LogP contribution in [0.2, 0.25) is 0 Å². The van der Waals surface area contributed by atoms with Crippen LogP contribution in [-0.2, 0) is 0 Å². The van der Waals surface area contributed by atoms with Crippen LogP contribution in [-0.4, -0.2) is 19.9 Å². The van der Waals surface area contributed by atoms with Gasteiger partial charge in [-0.05, 0) is 85.6 Å². The van der Waals surface area contributed by atoms with E-state index in [1.807, 2.05) is 12.1 Å². The third-order valence-corrected chi connectivity index (χ3v) is 12.5. The predicted octanol–water partition coefficient (Wildman–Crippen LogP) is 16.1. The van der Waals surface area contributed by atoms with Crippen molar-refractivity contribution in [1.29, 1.82) is 0 Å². The van der Waals surface area contributed by atoms with E-state index in [1.54, 1.807) is 0 Å². The van der Waals surface area contributed by atoms with Gasteiger partial charge in [0, 0.05) is 38.4 Å². The number of para-hydroxylation sites is 1. The number of pyridine rings is 1. The fourth-order valence-corrected chi connectivity index (χ4v) is 9.23. The number of aromatic nitrogens is 4. The third kappa shape index (κ3) is 7.27. The number of nitrogens with zero attached hydrogens (tertiary/aromatic N) is 4. The molecule has 0 bridgehead atoms. The summed E-state index contributed by atoms with van der Waals surface area (Å²) in [5.74, 6) is 1.81. The van der Waals surface area contributed by atoms with Crippen molar-refractivity contribution in [2.24, 2.45) is 0 Å². The normalized spacial score (nSPS) is 11.3. The van der Waals surface area contributed by atoms with Crippen LogP contribution >= 0.6 is 0 Å². The van der Waals surface area contributed by atoms with E-state index in [9.17, 15) is 0 Å². The zero-order valence-corrected chi connectivity index (χ0v) is 35.9. The molecule has 0 aliphatic heterocycles. The number of hydrogen-bond acceptors (Lipinski definition) is 4. The van der Waals surface area contributed by atoms with Crippen molar-refractivity contribution in [1.82, 2.24) is 19.9 Å². The molecule has 0 radical (unpaired) electrons. The average Bonchev–Trinajstić information content (AvgIpc) is 3.41. The largest absolute Gasteiger partial charge is 0.247 e. The van der Waals surface area contributed by atoms with Gasteiger partial charge in [0.25, 0.3) is 0 Å². The molecule has 0 aliphatic carbocycles. The summed E-state index contributed by atoms with van der Waals surface area (Å²) in [6.07, 6.45) is 0. The maximum absolute atomic E-state index is 5.34. The molecule has 10 aromatic carbocycles. The molecule has 66 heavy (non-hydrogen) atoms. The Bertz CT molecular complexity index is 3600. The van der Waals surface area contributed by atoms with Gasteiger partial charge in [-0.15, -0.1) is 0 Å². The van der Waals surface area contributed by atoms with Crippen LogP contribution < -0.4 is 0 Å². The minimum Gasteiger partial charge on any atom is -0.247 e. The predicted molar refractivity (Wildman–Crippen MR) is 274 cm³/mol. The van der Waals surface area contributed by atoms with Gasteiger partial charge in [0.2, 0.25) is 0 Å². The van der Waals surface area contributed by atoms with E-state index in [2.05, 4.69) is 231 Å². The van der Waals surface area contributed by atoms with Crippen LogP contribution in [0.5, 0.6) is 0 Å². The zero-order chi connectivity index (χ0) is 43.8. The summed E-state index contributed by atoms with van der Waals surface area (Å²) in [7, 11) is 0. The Morgan fingerprint density at radius 1 is 0.212 bits per heavy atom. The molecule has 0 spiro atoms. The molecule has 0 saturated heterocycles. The van der Waals surface area contributed by atoms with Gasteiger partial charge in [0.15, 0.2) is 17.5 Å². The van der Waals surface area contributed by atoms with Gasteiger partial charge in [0.05, 0.1) is 11.2 Å². The zero-order valence-electron chi connectivity index (χ0n) is 35.9. The van der Waals surface area contributed by atoms with Crippen molar-refractivity contribution in [2.75, 3.05) is 0 Å². The number of fused-ring (bicyclic) bond motifs is 5. The summed E-state index contributed by atoms with van der Waals surface area (Å²) in [5.41, 5.74) is 14.6. The summed E-state index contributed by atoms with van der Waals surface area (Å²) >= 11 is 0. The molecule has 0 amide bonds. The van der Waals surface area contributed by atoms with Crippen LogP contribution in [0, 0.1) is 0 Å². The van der Waals surface area contributed by atoms with Crippen LogP contribution in [0.3, 0.4) is 0 Å². The minimum absolute atomic E-state index is 0.594. The quantitative estimate of drug-likeness (QED) is 0.143. The van der Waals surface area contributed by atoms with Crippen molar-refractivity contribution < 1.29 is 0 Å². The van der Waals surface area contributed by atoms with E-state index in [0.717, 1.165) is 94.1 Å². The SMILES string of the molecule is c1ccc(-c2ccc(-c3nc(-c4ccc(-c5ccccc5)cc4)nc(-c4cc(-c5ccccc5)cc(-c5cc6c(-c7ccccc7)nc7ccccc7c6c6ccccc56)c4)n3)cc2)cc1. The van der Waals surface area contributed by atoms with Gasteiger partial charge in [-0.1, -0.05) is 212 Å². The second-order valence-corrected chi connectivity index (χ2v) is 16.6. The lowest BCUT2D eigenvalue weighted by molar-refractivity contribution is 1.07. The molecule has 0 saturated carbocycles. The van der Waals surface area contributed by atoms with Crippen molar-refractivity contribution in [3.05, 3.63) is 243 Å². The van der Waals surface area contributed by atoms with Gasteiger partial charge >= 0.3 is 0 Å². The number of hydrogen-bond donors (Lipinski definition) is 0. The van der Waals surface area contributed by atoms with E-state index in [1.165, 1.54) is 10.8 Å². The first-order chi connectivity index (χ1) is 32.7. The van der Waals surface area contributed by atoms with E-state index in [4.69, 9.17) is 19.9 Å². The lowest BCUT2D eigenvalue weighted by atomic mass is 9.88. The highest BCUT2D eigenvalue weighted by Gasteiger charge is 2.20. The Balaban J connectivity index is 1.09. The second-order valence-electron chi connectivity index (χ2n) is 16.6. The Morgan fingerprint density at radius 2 is 0.591 bits per heavy atom. The van der Waals surface area contributed by atoms with Gasteiger partial charge in [-0.3, -0.25) is 0 Å². The van der Waals surface area contributed by atoms with Crippen molar-refractivity contribution in [2.45, 2.75) is 0 Å². The first-order valence-corrected chi connectivity index (χ1v) is 22.3. The Morgan fingerprint density at radius 3 is 1.14 bits per heavy atom. The molecule has 308 valence electrons. The van der Waals surface area contributed by atoms with Gasteiger partial charge < -0.3 is 0 Å². The van der Waals surface area contributed by atoms with Crippen LogP contribution in [0.15, 0.2) is 243 Å². The van der Waals surface area contributed by atoms with Crippen LogP contribution in [0.25, 0.3) is 122 Å². The Labute approximate surface area is 383 Å². The fraction of sp³-hybridized carbons (Fsp3) is 0. The molecule has 0 aliphatic rings. The first-order valence-electron chi connectivity index (χ1n) is 22.3. The van der Waals surface area contributed by atoms with E-state index < -0.39 is 0 Å². The first kappa shape index (κ1) is 38.8. The minimum atomic E-state index is 0.594. The summed E-state index contributed by atoms with van der Waals surface area (Å²) < 4.78 is 0. The Kier molecular flexibility index (Phi) is 9.81. The van der Waals surface area contributed by atoms with Crippen LogP contribution in [0.4, 0.5) is 0 Å². The average molecular weight is 841 g/mol. The maximum Gasteiger partial charge on any atom is 0.164 e. The van der Waals surface area contributed by atoms with E-state index >= 15 is 0 Å². The Hall–Kier alpha value is -8.86. The van der Waals surface area contributed by atoms with Gasteiger partial charge in [-0.2, -0.15) is 0 Å². The van der Waals surface area contributed by atoms with E-state index in [0.29, 0.717) is 17.5 Å². The summed E-state index contributed by atoms with van der Waals surface area (Å²) in [4.78, 5) is 21.1. The van der Waals surface area contributed by atoms with Crippen molar-refractivity contribution >= 4 is 32.4 Å². The van der Waals surface area contributed by atoms with Crippen molar-refractivity contribution in [3.8, 4) is 89.9 Å². The fourth-order valence-electron chi connectivity index (χ4n) is 9.23. The summed E-state index contributed by atoms with van der Waals surface area (Å²) in [5, 5.41) is 5.76. The lowest BCUT2D eigenvalue weighted by Gasteiger charge is -2.17. The highest BCUT2D eigenvalue weighted by atomic mass is 15.0. The molecule has 0 fully saturated rings. The highest BCUT2D eigenvalue weighted by molar-refractivity contribution is 6.25. The van der Waals surface area contributed by atoms with Crippen molar-refractivity contribution in [3.63, 3.8) is 0 Å². The molecule has 2 heterocycles. The van der Waals surface area contributed by atoms with Gasteiger partial charge in [-0.25, -0.2) is 19.9 Å². The monoisotopic (exact) mass is 840 g/mol. The van der Waals surface area contributed by atoms with E-state index in [-0.39, 0.29) is 0 Å². The lowest BCUT2D eigenvalue weighted by Crippen LogP contribution is -2.01. The molecular weight excluding hydrogens is 801 g/mol. The third-order valence-electron chi connectivity index (χ3n) is 12.5. The molecule has 4 heteroatoms. The molecule has 0 N–H and O–H groups in total. The molecular formula is C62H40N4. The molecule has 2 aromatic heterocycles. The second kappa shape index (κ2) is 16.7. The molecule has 4 nitrogen and oxygen atoms in total. The topological polar surface area (TPSA) is 51.6 Å². The summed E-state index contributed by atoms with van der Waals surface area (Å²) in [6.45, 7) is 0. The highest BCUT2D eigenvalue weighted by Crippen LogP contribution is 2.43. The van der Waals surface area contributed by atoms with Gasteiger partial charge in [0.1, 0.15) is 0 Å². The molecule has 12 rings (SSSR count). The smallest absolute Gasteiger partial charge is 0.164 e. The maximum atomic E-state index is 5.34. The van der Waals surface area contributed by atoms with Crippen LogP contribution in [0.1, 0.15) is 0 Å². The molecule has 0 atom stereocenters. The number of benzene rings is 10. The molecule has 12 aromatic rings. The molecule has 0 unspecified atom stereocenters.